The fourth-order valence-electron chi connectivity index (χ4n) is 2.71. The van der Waals surface area contributed by atoms with Gasteiger partial charge in [-0.15, -0.1) is 11.6 Å². The van der Waals surface area contributed by atoms with Gasteiger partial charge < -0.3 is 15.4 Å². The van der Waals surface area contributed by atoms with E-state index in [0.717, 1.165) is 36.5 Å². The van der Waals surface area contributed by atoms with E-state index < -0.39 is 5.92 Å². The number of pyridine rings is 1. The van der Waals surface area contributed by atoms with Crippen LogP contribution in [0.15, 0.2) is 36.2 Å². The summed E-state index contributed by atoms with van der Waals surface area (Å²) in [5, 5.41) is 6.45. The van der Waals surface area contributed by atoms with Crippen molar-refractivity contribution in [2.75, 3.05) is 13.7 Å². The van der Waals surface area contributed by atoms with Crippen LogP contribution in [0.1, 0.15) is 51.2 Å². The van der Waals surface area contributed by atoms with Crippen LogP contribution >= 0.6 is 11.6 Å². The molecule has 0 saturated carbocycles. The molecule has 7 heteroatoms. The normalized spacial score (nSPS) is 14.8. The molecule has 0 aliphatic rings. The van der Waals surface area contributed by atoms with Crippen molar-refractivity contribution in [2.24, 2.45) is 0 Å². The van der Waals surface area contributed by atoms with Gasteiger partial charge in [-0.3, -0.25) is 0 Å². The SMILES string of the molecule is CCC/C=C\C(NC)/C(=C\NCc1cnc(OCCC(C)(F)F)c(C)c1)C(C)Cl. The van der Waals surface area contributed by atoms with E-state index in [1.807, 2.05) is 33.2 Å². The Morgan fingerprint density at radius 2 is 2.14 bits per heavy atom. The molecule has 0 saturated heterocycles. The lowest BCUT2D eigenvalue weighted by Crippen LogP contribution is -2.30. The fourth-order valence-corrected chi connectivity index (χ4v) is 2.91. The second kappa shape index (κ2) is 12.8. The van der Waals surface area contributed by atoms with Crippen molar-refractivity contribution >= 4 is 11.6 Å². The summed E-state index contributed by atoms with van der Waals surface area (Å²) >= 11 is 6.37. The van der Waals surface area contributed by atoms with Gasteiger partial charge in [0.15, 0.2) is 0 Å². The van der Waals surface area contributed by atoms with Crippen molar-refractivity contribution in [1.29, 1.82) is 0 Å². The molecule has 0 aliphatic heterocycles. The first kappa shape index (κ1) is 25.4. The number of hydrogen-bond acceptors (Lipinski definition) is 4. The van der Waals surface area contributed by atoms with E-state index in [1.54, 1.807) is 6.20 Å². The van der Waals surface area contributed by atoms with Crippen LogP contribution in [0.3, 0.4) is 0 Å². The number of nitrogens with zero attached hydrogens (tertiary/aromatic N) is 1. The molecule has 0 fully saturated rings. The maximum absolute atomic E-state index is 12.9. The summed E-state index contributed by atoms with van der Waals surface area (Å²) in [6.07, 6.45) is 9.73. The minimum atomic E-state index is -2.74. The Bertz CT molecular complexity index is 673. The van der Waals surface area contributed by atoms with Crippen molar-refractivity contribution in [3.63, 3.8) is 0 Å². The topological polar surface area (TPSA) is 46.2 Å². The highest BCUT2D eigenvalue weighted by Gasteiger charge is 2.21. The molecule has 0 spiro atoms. The Labute approximate surface area is 178 Å². The second-order valence-electron chi connectivity index (χ2n) is 7.26. The van der Waals surface area contributed by atoms with Gasteiger partial charge in [-0.25, -0.2) is 13.8 Å². The van der Waals surface area contributed by atoms with Crippen molar-refractivity contribution in [2.45, 2.75) is 70.8 Å². The standard InChI is InChI=1S/C22H34ClF2N3O/c1-6-7-8-9-20(26-5)19(17(3)23)15-27-13-18-12-16(2)21(28-14-18)29-11-10-22(4,24)25/h8-9,12,14-15,17,20,26-27H,6-7,10-11,13H2,1-5H3/b9-8-,19-15-. The molecule has 164 valence electrons. The monoisotopic (exact) mass is 429 g/mol. The predicted octanol–water partition coefficient (Wildman–Crippen LogP) is 5.36. The average molecular weight is 430 g/mol. The maximum atomic E-state index is 12.9. The van der Waals surface area contributed by atoms with Gasteiger partial charge in [0, 0.05) is 30.8 Å². The van der Waals surface area contributed by atoms with Gasteiger partial charge in [0.2, 0.25) is 11.8 Å². The Morgan fingerprint density at radius 1 is 1.41 bits per heavy atom. The number of aryl methyl sites for hydroxylation is 1. The van der Waals surface area contributed by atoms with Crippen molar-refractivity contribution in [3.05, 3.63) is 47.3 Å². The average Bonchev–Trinajstić information content (AvgIpc) is 2.63. The van der Waals surface area contributed by atoms with Gasteiger partial charge in [-0.05, 0) is 57.6 Å². The van der Waals surface area contributed by atoms with Gasteiger partial charge in [0.05, 0.1) is 12.0 Å². The Kier molecular flexibility index (Phi) is 11.2. The number of rotatable bonds is 13. The van der Waals surface area contributed by atoms with Gasteiger partial charge in [0.1, 0.15) is 0 Å². The molecule has 1 aromatic rings. The minimum absolute atomic E-state index is 0.0638. The summed E-state index contributed by atoms with van der Waals surface area (Å²) in [7, 11) is 1.91. The first-order valence-electron chi connectivity index (χ1n) is 10.1. The molecule has 0 bridgehead atoms. The number of nitrogens with one attached hydrogen (secondary N) is 2. The number of likely N-dealkylation sites (N-methyl/N-ethyl adjacent to an activating group) is 1. The van der Waals surface area contributed by atoms with E-state index in [0.29, 0.717) is 12.4 Å². The molecule has 2 atom stereocenters. The van der Waals surface area contributed by atoms with Crippen molar-refractivity contribution in [1.82, 2.24) is 15.6 Å². The van der Waals surface area contributed by atoms with Crippen molar-refractivity contribution in [3.8, 4) is 5.88 Å². The van der Waals surface area contributed by atoms with E-state index in [2.05, 4.69) is 34.7 Å². The van der Waals surface area contributed by atoms with Gasteiger partial charge in [-0.1, -0.05) is 25.5 Å². The van der Waals surface area contributed by atoms with Crippen LogP contribution in [0.25, 0.3) is 0 Å². The molecular weight excluding hydrogens is 396 g/mol. The molecule has 1 rings (SSSR count). The third-order valence-corrected chi connectivity index (χ3v) is 4.61. The van der Waals surface area contributed by atoms with E-state index >= 15 is 0 Å². The zero-order valence-corrected chi connectivity index (χ0v) is 18.8. The fraction of sp³-hybridized carbons (Fsp3) is 0.591. The van der Waals surface area contributed by atoms with Crippen LogP contribution in [0.5, 0.6) is 5.88 Å². The van der Waals surface area contributed by atoms with E-state index in [-0.39, 0.29) is 24.4 Å². The molecule has 1 heterocycles. The summed E-state index contributed by atoms with van der Waals surface area (Å²) in [5.41, 5.74) is 2.83. The molecule has 0 radical (unpaired) electrons. The molecule has 1 aromatic heterocycles. The number of hydrogen-bond donors (Lipinski definition) is 2. The minimum Gasteiger partial charge on any atom is -0.477 e. The van der Waals surface area contributed by atoms with Crippen LogP contribution in [-0.2, 0) is 6.54 Å². The highest BCUT2D eigenvalue weighted by atomic mass is 35.5. The summed E-state index contributed by atoms with van der Waals surface area (Å²) in [4.78, 5) is 4.25. The van der Waals surface area contributed by atoms with Crippen LogP contribution < -0.4 is 15.4 Å². The van der Waals surface area contributed by atoms with Crippen LogP contribution in [0.4, 0.5) is 8.78 Å². The van der Waals surface area contributed by atoms with E-state index in [9.17, 15) is 8.78 Å². The van der Waals surface area contributed by atoms with Gasteiger partial charge in [0.25, 0.3) is 0 Å². The summed E-state index contributed by atoms with van der Waals surface area (Å²) in [5.74, 6) is -2.35. The number of allylic oxidation sites excluding steroid dienone is 1. The predicted molar refractivity (Wildman–Crippen MR) is 117 cm³/mol. The van der Waals surface area contributed by atoms with Crippen molar-refractivity contribution < 1.29 is 13.5 Å². The number of unbranched alkanes of at least 4 members (excludes halogenated alkanes) is 1. The van der Waals surface area contributed by atoms with E-state index in [4.69, 9.17) is 16.3 Å². The molecule has 0 aromatic carbocycles. The number of ether oxygens (including phenoxy) is 1. The van der Waals surface area contributed by atoms with Gasteiger partial charge >= 0.3 is 0 Å². The highest BCUT2D eigenvalue weighted by molar-refractivity contribution is 6.22. The molecule has 29 heavy (non-hydrogen) atoms. The zero-order valence-electron chi connectivity index (χ0n) is 18.1. The summed E-state index contributed by atoms with van der Waals surface area (Å²) < 4.78 is 31.2. The highest BCUT2D eigenvalue weighted by Crippen LogP contribution is 2.20. The second-order valence-corrected chi connectivity index (χ2v) is 7.91. The Morgan fingerprint density at radius 3 is 2.69 bits per heavy atom. The lowest BCUT2D eigenvalue weighted by molar-refractivity contribution is 0.000347. The third kappa shape index (κ3) is 10.1. The molecule has 0 aliphatic carbocycles. The first-order valence-corrected chi connectivity index (χ1v) is 10.5. The van der Waals surface area contributed by atoms with E-state index in [1.165, 1.54) is 0 Å². The molecule has 0 amide bonds. The lowest BCUT2D eigenvalue weighted by atomic mass is 10.0. The Hall–Kier alpha value is -1.66. The quantitative estimate of drug-likeness (QED) is 0.327. The molecular formula is C22H34ClF2N3O. The van der Waals surface area contributed by atoms with Crippen LogP contribution in [0.2, 0.25) is 0 Å². The summed E-state index contributed by atoms with van der Waals surface area (Å²) in [6.45, 7) is 7.34. The molecule has 2 N–H and O–H groups in total. The lowest BCUT2D eigenvalue weighted by Gasteiger charge is -2.19. The van der Waals surface area contributed by atoms with Gasteiger partial charge in [-0.2, -0.15) is 0 Å². The maximum Gasteiger partial charge on any atom is 0.248 e. The number of alkyl halides is 3. The zero-order chi connectivity index (χ0) is 21.9. The molecule has 2 unspecified atom stereocenters. The third-order valence-electron chi connectivity index (χ3n) is 4.35. The molecule has 4 nitrogen and oxygen atoms in total. The summed E-state index contributed by atoms with van der Waals surface area (Å²) in [6, 6.07) is 2.00. The first-order chi connectivity index (χ1) is 13.7. The number of halogens is 3. The Balaban J connectivity index is 2.71. The van der Waals surface area contributed by atoms with Crippen LogP contribution in [-0.4, -0.2) is 36.0 Å². The largest absolute Gasteiger partial charge is 0.477 e. The van der Waals surface area contributed by atoms with Crippen LogP contribution in [0, 0.1) is 6.92 Å². The number of aromatic nitrogens is 1. The smallest absolute Gasteiger partial charge is 0.248 e.